The van der Waals surface area contributed by atoms with Gasteiger partial charge in [-0.15, -0.1) is 0 Å². The van der Waals surface area contributed by atoms with Gasteiger partial charge in [-0.05, 0) is 62.7 Å². The van der Waals surface area contributed by atoms with E-state index in [4.69, 9.17) is 14.2 Å². The largest absolute Gasteiger partial charge is 0.507 e. The minimum absolute atomic E-state index is 0.102. The van der Waals surface area contributed by atoms with Crippen LogP contribution in [-0.4, -0.2) is 48.1 Å². The summed E-state index contributed by atoms with van der Waals surface area (Å²) in [6, 6.07) is 12.4. The zero-order valence-corrected chi connectivity index (χ0v) is 21.6. The van der Waals surface area contributed by atoms with Crippen LogP contribution in [-0.2, 0) is 14.3 Å². The van der Waals surface area contributed by atoms with Crippen LogP contribution in [0.15, 0.2) is 54.1 Å². The second-order valence-electron chi connectivity index (χ2n) is 8.03. The van der Waals surface area contributed by atoms with Crippen molar-refractivity contribution in [1.29, 1.82) is 0 Å². The fourth-order valence-electron chi connectivity index (χ4n) is 4.06. The van der Waals surface area contributed by atoms with Gasteiger partial charge < -0.3 is 19.3 Å². The number of aryl methyl sites for hydroxylation is 1. The SMILES string of the molecule is CCOC(=O)c1sc(N2C(=O)C(=O)C(=C(O)c3ccc(OC)cc3)C2c2cccc(OCC)c2)nc1C. The molecule has 0 bridgehead atoms. The van der Waals surface area contributed by atoms with Gasteiger partial charge in [0.2, 0.25) is 0 Å². The van der Waals surface area contributed by atoms with Gasteiger partial charge in [-0.3, -0.25) is 14.5 Å². The molecular weight excluding hydrogens is 496 g/mol. The Morgan fingerprint density at radius 2 is 1.81 bits per heavy atom. The number of carbonyl (C=O) groups excluding carboxylic acids is 3. The molecule has 4 rings (SSSR count). The maximum absolute atomic E-state index is 13.4. The Balaban J connectivity index is 1.90. The number of hydrogen-bond donors (Lipinski definition) is 1. The third-order valence-corrected chi connectivity index (χ3v) is 6.88. The van der Waals surface area contributed by atoms with E-state index in [1.54, 1.807) is 62.4 Å². The number of ether oxygens (including phenoxy) is 3. The van der Waals surface area contributed by atoms with Crippen molar-refractivity contribution < 1.29 is 33.7 Å². The highest BCUT2D eigenvalue weighted by atomic mass is 32.1. The van der Waals surface area contributed by atoms with E-state index in [2.05, 4.69) is 4.98 Å². The summed E-state index contributed by atoms with van der Waals surface area (Å²) in [5.41, 5.74) is 1.14. The molecule has 2 heterocycles. The van der Waals surface area contributed by atoms with E-state index >= 15 is 0 Å². The number of aliphatic hydroxyl groups excluding tert-OH is 1. The number of hydrogen-bond acceptors (Lipinski definition) is 9. The number of aromatic nitrogens is 1. The molecule has 1 N–H and O–H groups in total. The molecule has 192 valence electrons. The molecule has 0 aliphatic carbocycles. The van der Waals surface area contributed by atoms with E-state index in [1.807, 2.05) is 6.92 Å². The minimum Gasteiger partial charge on any atom is -0.507 e. The van der Waals surface area contributed by atoms with E-state index < -0.39 is 23.7 Å². The Hall–Kier alpha value is -4.18. The molecule has 0 spiro atoms. The van der Waals surface area contributed by atoms with Crippen LogP contribution < -0.4 is 14.4 Å². The van der Waals surface area contributed by atoms with E-state index in [-0.39, 0.29) is 27.9 Å². The molecule has 37 heavy (non-hydrogen) atoms. The number of anilines is 1. The second kappa shape index (κ2) is 10.8. The highest BCUT2D eigenvalue weighted by Gasteiger charge is 2.48. The van der Waals surface area contributed by atoms with Crippen LogP contribution in [0, 0.1) is 6.92 Å². The predicted octanol–water partition coefficient (Wildman–Crippen LogP) is 4.66. The van der Waals surface area contributed by atoms with Gasteiger partial charge in [-0.25, -0.2) is 9.78 Å². The maximum atomic E-state index is 13.4. The average Bonchev–Trinajstić information content (AvgIpc) is 3.41. The van der Waals surface area contributed by atoms with Crippen LogP contribution in [0.5, 0.6) is 11.5 Å². The molecule has 3 aromatic rings. The first-order valence-electron chi connectivity index (χ1n) is 11.6. The van der Waals surface area contributed by atoms with Crippen LogP contribution in [0.4, 0.5) is 5.13 Å². The van der Waals surface area contributed by atoms with Crippen LogP contribution in [0.2, 0.25) is 0 Å². The second-order valence-corrected chi connectivity index (χ2v) is 9.01. The molecule has 1 aliphatic rings. The Bertz CT molecular complexity index is 1380. The quantitative estimate of drug-likeness (QED) is 0.197. The molecule has 0 radical (unpaired) electrons. The summed E-state index contributed by atoms with van der Waals surface area (Å²) in [5.74, 6) is -1.53. The number of benzene rings is 2. The number of amides is 1. The highest BCUT2D eigenvalue weighted by molar-refractivity contribution is 7.17. The molecule has 1 fully saturated rings. The Morgan fingerprint density at radius 1 is 1.08 bits per heavy atom. The number of aliphatic hydroxyl groups is 1. The number of thiazole rings is 1. The van der Waals surface area contributed by atoms with Gasteiger partial charge in [0.25, 0.3) is 5.78 Å². The van der Waals surface area contributed by atoms with Crippen molar-refractivity contribution >= 4 is 39.9 Å². The highest BCUT2D eigenvalue weighted by Crippen LogP contribution is 2.44. The standard InChI is InChI=1S/C27H26N2O7S/c1-5-35-19-9-7-8-17(14-19)21-20(22(30)16-10-12-18(34-4)13-11-16)23(31)25(32)29(21)27-28-15(3)24(37-27)26(33)36-6-2/h7-14,21,30H,5-6H2,1-4H3. The summed E-state index contributed by atoms with van der Waals surface area (Å²) in [4.78, 5) is 45.0. The van der Waals surface area contributed by atoms with E-state index in [9.17, 15) is 19.5 Å². The maximum Gasteiger partial charge on any atom is 0.350 e. The summed E-state index contributed by atoms with van der Waals surface area (Å²) < 4.78 is 15.9. The molecule has 1 atom stereocenters. The summed E-state index contributed by atoms with van der Waals surface area (Å²) in [5, 5.41) is 11.4. The fraction of sp³-hybridized carbons (Fsp3) is 0.259. The minimum atomic E-state index is -1.01. The monoisotopic (exact) mass is 522 g/mol. The molecule has 1 amide bonds. The number of esters is 1. The van der Waals surface area contributed by atoms with Crippen molar-refractivity contribution in [3.05, 3.63) is 75.8 Å². The molecule has 1 unspecified atom stereocenters. The predicted molar refractivity (Wildman–Crippen MR) is 138 cm³/mol. The van der Waals surface area contributed by atoms with Gasteiger partial charge in [0.1, 0.15) is 22.1 Å². The van der Waals surface area contributed by atoms with Crippen molar-refractivity contribution in [1.82, 2.24) is 4.98 Å². The smallest absolute Gasteiger partial charge is 0.350 e. The topological polar surface area (TPSA) is 115 Å². The molecule has 10 heteroatoms. The lowest BCUT2D eigenvalue weighted by atomic mass is 9.95. The van der Waals surface area contributed by atoms with E-state index in [0.29, 0.717) is 34.9 Å². The third kappa shape index (κ3) is 4.92. The number of nitrogens with zero attached hydrogens (tertiary/aromatic N) is 2. The normalized spacial score (nSPS) is 16.6. The average molecular weight is 523 g/mol. The lowest BCUT2D eigenvalue weighted by Crippen LogP contribution is -2.29. The Morgan fingerprint density at radius 3 is 2.46 bits per heavy atom. The van der Waals surface area contributed by atoms with Gasteiger partial charge in [0, 0.05) is 5.56 Å². The number of Topliss-reactive ketones (excluding diaryl/α,β-unsaturated/α-hetero) is 1. The number of rotatable bonds is 8. The summed E-state index contributed by atoms with van der Waals surface area (Å²) in [7, 11) is 1.52. The van der Waals surface area contributed by atoms with Gasteiger partial charge in [0.05, 0.1) is 37.6 Å². The summed E-state index contributed by atoms with van der Waals surface area (Å²) in [6.45, 7) is 5.77. The van der Waals surface area contributed by atoms with Crippen LogP contribution in [0.25, 0.3) is 5.76 Å². The van der Waals surface area contributed by atoms with Crippen molar-refractivity contribution in [3.8, 4) is 11.5 Å². The molecule has 2 aromatic carbocycles. The number of ketones is 1. The first-order valence-corrected chi connectivity index (χ1v) is 12.4. The summed E-state index contributed by atoms with van der Waals surface area (Å²) in [6.07, 6.45) is 0. The molecule has 1 saturated heterocycles. The lowest BCUT2D eigenvalue weighted by Gasteiger charge is -2.23. The fourth-order valence-corrected chi connectivity index (χ4v) is 5.05. The Labute approximate surface area is 217 Å². The molecule has 1 aliphatic heterocycles. The van der Waals surface area contributed by atoms with Crippen molar-refractivity contribution in [2.24, 2.45) is 0 Å². The van der Waals surface area contributed by atoms with Crippen LogP contribution >= 0.6 is 11.3 Å². The van der Waals surface area contributed by atoms with Gasteiger partial charge >= 0.3 is 11.9 Å². The van der Waals surface area contributed by atoms with E-state index in [0.717, 1.165) is 11.3 Å². The zero-order chi connectivity index (χ0) is 26.7. The van der Waals surface area contributed by atoms with Crippen LogP contribution in [0.1, 0.15) is 46.4 Å². The Kier molecular flexibility index (Phi) is 7.58. The summed E-state index contributed by atoms with van der Waals surface area (Å²) >= 11 is 0.953. The van der Waals surface area contributed by atoms with Crippen LogP contribution in [0.3, 0.4) is 0 Å². The third-order valence-electron chi connectivity index (χ3n) is 5.74. The number of methoxy groups -OCH3 is 1. The van der Waals surface area contributed by atoms with Crippen molar-refractivity contribution in [3.63, 3.8) is 0 Å². The molecular formula is C27H26N2O7S. The van der Waals surface area contributed by atoms with Gasteiger partial charge in [-0.2, -0.15) is 0 Å². The van der Waals surface area contributed by atoms with Crippen molar-refractivity contribution in [2.45, 2.75) is 26.8 Å². The van der Waals surface area contributed by atoms with Gasteiger partial charge in [-0.1, -0.05) is 23.5 Å². The van der Waals surface area contributed by atoms with Crippen molar-refractivity contribution in [2.75, 3.05) is 25.2 Å². The number of carbonyl (C=O) groups is 3. The first-order chi connectivity index (χ1) is 17.8. The zero-order valence-electron chi connectivity index (χ0n) is 20.8. The van der Waals surface area contributed by atoms with Gasteiger partial charge in [0.15, 0.2) is 5.13 Å². The first kappa shape index (κ1) is 25.9. The lowest BCUT2D eigenvalue weighted by molar-refractivity contribution is -0.132. The molecule has 0 saturated carbocycles. The molecule has 1 aromatic heterocycles. The van der Waals surface area contributed by atoms with E-state index in [1.165, 1.54) is 12.0 Å². The molecule has 9 nitrogen and oxygen atoms in total.